The molecule has 1 aromatic heterocycles. The lowest BCUT2D eigenvalue weighted by atomic mass is 10.1. The van der Waals surface area contributed by atoms with E-state index >= 15 is 0 Å². The number of nitrogens with zero attached hydrogens (tertiary/aromatic N) is 1. The van der Waals surface area contributed by atoms with Crippen LogP contribution in [0, 0.1) is 5.92 Å². The number of fused-ring (bicyclic) bond motifs is 1. The van der Waals surface area contributed by atoms with Crippen molar-refractivity contribution in [3.8, 4) is 5.75 Å². The Morgan fingerprint density at radius 1 is 1.25 bits per heavy atom. The molecule has 0 radical (unpaired) electrons. The minimum absolute atomic E-state index is 0.152. The highest BCUT2D eigenvalue weighted by Crippen LogP contribution is 2.18. The number of nitrogens with one attached hydrogen (secondary N) is 1. The Morgan fingerprint density at radius 2 is 2.00 bits per heavy atom. The van der Waals surface area contributed by atoms with Gasteiger partial charge >= 0.3 is 0 Å². The topological polar surface area (TPSA) is 34.1 Å². The van der Waals surface area contributed by atoms with Gasteiger partial charge in [0.25, 0.3) is 0 Å². The zero-order valence-electron chi connectivity index (χ0n) is 12.8. The summed E-state index contributed by atoms with van der Waals surface area (Å²) in [6.45, 7) is 10.4. The van der Waals surface area contributed by atoms with Gasteiger partial charge in [-0.15, -0.1) is 0 Å². The van der Waals surface area contributed by atoms with Crippen LogP contribution in [0.15, 0.2) is 36.5 Å². The third kappa shape index (κ3) is 4.49. The molecule has 1 N–H and O–H groups in total. The average molecular weight is 272 g/mol. The maximum absolute atomic E-state index is 5.84. The van der Waals surface area contributed by atoms with Gasteiger partial charge in [0.15, 0.2) is 0 Å². The second kappa shape index (κ2) is 6.23. The molecule has 0 bridgehead atoms. The van der Waals surface area contributed by atoms with Crippen LogP contribution in [0.25, 0.3) is 10.9 Å². The first-order chi connectivity index (χ1) is 9.44. The Hall–Kier alpha value is -1.61. The normalized spacial score (nSPS) is 13.4. The molecule has 0 amide bonds. The van der Waals surface area contributed by atoms with E-state index in [1.807, 2.05) is 24.3 Å². The number of rotatable bonds is 5. The molecule has 0 aliphatic rings. The smallest absolute Gasteiger partial charge is 0.138 e. The van der Waals surface area contributed by atoms with E-state index in [1.165, 1.54) is 0 Å². The fourth-order valence-electron chi connectivity index (χ4n) is 1.91. The summed E-state index contributed by atoms with van der Waals surface area (Å²) in [7, 11) is 0. The molecule has 20 heavy (non-hydrogen) atoms. The van der Waals surface area contributed by atoms with Gasteiger partial charge in [0, 0.05) is 23.4 Å². The molecule has 1 unspecified atom stereocenters. The van der Waals surface area contributed by atoms with E-state index < -0.39 is 0 Å². The first-order valence-corrected chi connectivity index (χ1v) is 7.17. The SMILES string of the molecule is CC(CNC(C)(C)C)COc1cnc2ccccc2c1. The van der Waals surface area contributed by atoms with Crippen LogP contribution >= 0.6 is 0 Å². The van der Waals surface area contributed by atoms with E-state index in [0.717, 1.165) is 23.2 Å². The van der Waals surface area contributed by atoms with E-state index in [2.05, 4.69) is 44.1 Å². The zero-order valence-corrected chi connectivity index (χ0v) is 12.8. The summed E-state index contributed by atoms with van der Waals surface area (Å²) in [4.78, 5) is 4.40. The molecule has 1 aromatic carbocycles. The summed E-state index contributed by atoms with van der Waals surface area (Å²) >= 11 is 0. The summed E-state index contributed by atoms with van der Waals surface area (Å²) in [6, 6.07) is 10.1. The summed E-state index contributed by atoms with van der Waals surface area (Å²) < 4.78 is 5.84. The van der Waals surface area contributed by atoms with Gasteiger partial charge in [-0.3, -0.25) is 4.98 Å². The molecule has 3 nitrogen and oxygen atoms in total. The number of hydrogen-bond acceptors (Lipinski definition) is 3. The molecule has 2 aromatic rings. The Balaban J connectivity index is 1.89. The van der Waals surface area contributed by atoms with Crippen molar-refractivity contribution in [1.29, 1.82) is 0 Å². The van der Waals surface area contributed by atoms with E-state index in [4.69, 9.17) is 4.74 Å². The summed E-state index contributed by atoms with van der Waals surface area (Å²) in [5.41, 5.74) is 1.15. The van der Waals surface area contributed by atoms with Crippen molar-refractivity contribution in [3.05, 3.63) is 36.5 Å². The van der Waals surface area contributed by atoms with Crippen LogP contribution in [-0.2, 0) is 0 Å². The molecule has 0 spiro atoms. The molecule has 0 fully saturated rings. The minimum Gasteiger partial charge on any atom is -0.492 e. The lowest BCUT2D eigenvalue weighted by molar-refractivity contribution is 0.244. The Morgan fingerprint density at radius 3 is 2.75 bits per heavy atom. The predicted molar refractivity (Wildman–Crippen MR) is 84.2 cm³/mol. The van der Waals surface area contributed by atoms with E-state index in [-0.39, 0.29) is 5.54 Å². The largest absolute Gasteiger partial charge is 0.492 e. The molecule has 0 aliphatic heterocycles. The van der Waals surface area contributed by atoms with Gasteiger partial charge in [-0.2, -0.15) is 0 Å². The van der Waals surface area contributed by atoms with Gasteiger partial charge in [-0.1, -0.05) is 25.1 Å². The molecule has 0 saturated heterocycles. The quantitative estimate of drug-likeness (QED) is 0.902. The highest BCUT2D eigenvalue weighted by atomic mass is 16.5. The van der Waals surface area contributed by atoms with Crippen molar-refractivity contribution in [3.63, 3.8) is 0 Å². The molecular weight excluding hydrogens is 248 g/mol. The van der Waals surface area contributed by atoms with Gasteiger partial charge in [0.2, 0.25) is 0 Å². The summed E-state index contributed by atoms with van der Waals surface area (Å²) in [5.74, 6) is 1.30. The van der Waals surface area contributed by atoms with Crippen LogP contribution in [-0.4, -0.2) is 23.7 Å². The number of aromatic nitrogens is 1. The van der Waals surface area contributed by atoms with Crippen LogP contribution in [0.2, 0.25) is 0 Å². The number of benzene rings is 1. The summed E-state index contributed by atoms with van der Waals surface area (Å²) in [6.07, 6.45) is 1.80. The van der Waals surface area contributed by atoms with Crippen molar-refractivity contribution in [2.45, 2.75) is 33.2 Å². The summed E-state index contributed by atoms with van der Waals surface area (Å²) in [5, 5.41) is 4.61. The maximum Gasteiger partial charge on any atom is 0.138 e. The minimum atomic E-state index is 0.152. The lowest BCUT2D eigenvalue weighted by Crippen LogP contribution is -2.39. The molecule has 0 saturated carbocycles. The molecule has 3 heteroatoms. The zero-order chi connectivity index (χ0) is 14.6. The number of para-hydroxylation sites is 1. The molecule has 0 aliphatic carbocycles. The van der Waals surface area contributed by atoms with Crippen molar-refractivity contribution < 1.29 is 4.74 Å². The average Bonchev–Trinajstić information content (AvgIpc) is 2.42. The van der Waals surface area contributed by atoms with Gasteiger partial charge in [-0.05, 0) is 32.9 Å². The van der Waals surface area contributed by atoms with Crippen LogP contribution in [0.5, 0.6) is 5.75 Å². The first-order valence-electron chi connectivity index (χ1n) is 7.17. The number of hydrogen-bond donors (Lipinski definition) is 1. The number of pyridine rings is 1. The molecule has 2 rings (SSSR count). The number of ether oxygens (including phenoxy) is 1. The third-order valence-corrected chi connectivity index (χ3v) is 3.08. The van der Waals surface area contributed by atoms with E-state index in [0.29, 0.717) is 12.5 Å². The second-order valence-electron chi connectivity index (χ2n) is 6.41. The first kappa shape index (κ1) is 14.8. The van der Waals surface area contributed by atoms with Gasteiger partial charge in [-0.25, -0.2) is 0 Å². The van der Waals surface area contributed by atoms with Crippen molar-refractivity contribution >= 4 is 10.9 Å². The Labute approximate surface area is 121 Å². The monoisotopic (exact) mass is 272 g/mol. The van der Waals surface area contributed by atoms with Crippen molar-refractivity contribution in [2.75, 3.05) is 13.2 Å². The molecule has 1 heterocycles. The van der Waals surface area contributed by atoms with Crippen molar-refractivity contribution in [1.82, 2.24) is 10.3 Å². The highest BCUT2D eigenvalue weighted by molar-refractivity contribution is 5.79. The predicted octanol–water partition coefficient (Wildman–Crippen LogP) is 3.64. The van der Waals surface area contributed by atoms with Gasteiger partial charge in [0.05, 0.1) is 18.3 Å². The van der Waals surface area contributed by atoms with Crippen LogP contribution in [0.1, 0.15) is 27.7 Å². The standard InChI is InChI=1S/C17H24N2O/c1-13(10-19-17(2,3)4)12-20-15-9-14-7-5-6-8-16(14)18-11-15/h5-9,11,13,19H,10,12H2,1-4H3. The van der Waals surface area contributed by atoms with E-state index in [1.54, 1.807) is 6.20 Å². The van der Waals surface area contributed by atoms with Crippen LogP contribution < -0.4 is 10.1 Å². The van der Waals surface area contributed by atoms with Crippen molar-refractivity contribution in [2.24, 2.45) is 5.92 Å². The van der Waals surface area contributed by atoms with Gasteiger partial charge < -0.3 is 10.1 Å². The molecular formula is C17H24N2O. The fraction of sp³-hybridized carbons (Fsp3) is 0.471. The Kier molecular flexibility index (Phi) is 4.61. The molecule has 108 valence electrons. The highest BCUT2D eigenvalue weighted by Gasteiger charge is 2.11. The fourth-order valence-corrected chi connectivity index (χ4v) is 1.91. The lowest BCUT2D eigenvalue weighted by Gasteiger charge is -2.23. The van der Waals surface area contributed by atoms with Crippen LogP contribution in [0.3, 0.4) is 0 Å². The van der Waals surface area contributed by atoms with Crippen LogP contribution in [0.4, 0.5) is 0 Å². The Bertz CT molecular complexity index is 560. The second-order valence-corrected chi connectivity index (χ2v) is 6.41. The van der Waals surface area contributed by atoms with Gasteiger partial charge in [0.1, 0.15) is 5.75 Å². The van der Waals surface area contributed by atoms with E-state index in [9.17, 15) is 0 Å². The molecule has 1 atom stereocenters. The third-order valence-electron chi connectivity index (χ3n) is 3.08. The maximum atomic E-state index is 5.84.